The number of ether oxygens (including phenoxy) is 1. The van der Waals surface area contributed by atoms with E-state index >= 15 is 0 Å². The molecule has 0 aliphatic heterocycles. The minimum atomic E-state index is -0.314. The Kier molecular flexibility index (Phi) is 4.99. The number of aromatic nitrogens is 4. The molecule has 3 rings (SSSR count). The van der Waals surface area contributed by atoms with Gasteiger partial charge in [-0.15, -0.1) is 5.10 Å². The third-order valence-electron chi connectivity index (χ3n) is 4.56. The summed E-state index contributed by atoms with van der Waals surface area (Å²) in [7, 11) is 1.65. The Morgan fingerprint density at radius 1 is 1.27 bits per heavy atom. The number of aryl methyl sites for hydroxylation is 1. The third kappa shape index (κ3) is 3.17. The van der Waals surface area contributed by atoms with E-state index in [1.807, 2.05) is 26.8 Å². The lowest BCUT2D eigenvalue weighted by Gasteiger charge is -2.17. The SMILES string of the molecule is COC[C@@H](C)n1c(C)cc(C(=O)Cn2nnc3ccccc3c2=O)c1C. The zero-order valence-electron chi connectivity index (χ0n) is 15.4. The molecule has 0 bridgehead atoms. The molecular weight excluding hydrogens is 332 g/mol. The fourth-order valence-electron chi connectivity index (χ4n) is 3.40. The number of ketones is 1. The first-order valence-electron chi connectivity index (χ1n) is 8.47. The van der Waals surface area contributed by atoms with Gasteiger partial charge in [-0.05, 0) is 39.0 Å². The lowest BCUT2D eigenvalue weighted by atomic mass is 10.1. The van der Waals surface area contributed by atoms with Crippen LogP contribution in [0.15, 0.2) is 35.1 Å². The van der Waals surface area contributed by atoms with E-state index in [4.69, 9.17) is 4.74 Å². The minimum Gasteiger partial charge on any atom is -0.383 e. The predicted molar refractivity (Wildman–Crippen MR) is 98.6 cm³/mol. The van der Waals surface area contributed by atoms with Gasteiger partial charge in [-0.25, -0.2) is 4.68 Å². The Balaban J connectivity index is 1.93. The smallest absolute Gasteiger partial charge is 0.278 e. The van der Waals surface area contributed by atoms with E-state index < -0.39 is 0 Å². The molecule has 1 atom stereocenters. The first-order chi connectivity index (χ1) is 12.4. The summed E-state index contributed by atoms with van der Waals surface area (Å²) in [4.78, 5) is 25.3. The highest BCUT2D eigenvalue weighted by molar-refractivity contribution is 5.97. The Morgan fingerprint density at radius 2 is 2.00 bits per heavy atom. The molecule has 3 aromatic rings. The number of methoxy groups -OCH3 is 1. The fraction of sp³-hybridized carbons (Fsp3) is 0.368. The quantitative estimate of drug-likeness (QED) is 0.635. The lowest BCUT2D eigenvalue weighted by molar-refractivity contribution is 0.0963. The van der Waals surface area contributed by atoms with Crippen molar-refractivity contribution in [1.29, 1.82) is 0 Å². The zero-order chi connectivity index (χ0) is 18.8. The third-order valence-corrected chi connectivity index (χ3v) is 4.56. The normalized spacial score (nSPS) is 12.5. The van der Waals surface area contributed by atoms with Crippen LogP contribution in [0.4, 0.5) is 0 Å². The van der Waals surface area contributed by atoms with Crippen LogP contribution < -0.4 is 5.56 Å². The van der Waals surface area contributed by atoms with E-state index in [0.29, 0.717) is 23.1 Å². The van der Waals surface area contributed by atoms with Crippen LogP contribution in [0.3, 0.4) is 0 Å². The highest BCUT2D eigenvalue weighted by atomic mass is 16.5. The van der Waals surface area contributed by atoms with Crippen molar-refractivity contribution in [1.82, 2.24) is 19.6 Å². The van der Waals surface area contributed by atoms with E-state index in [0.717, 1.165) is 16.1 Å². The first kappa shape index (κ1) is 18.0. The Hall–Kier alpha value is -2.80. The Labute approximate surface area is 151 Å². The van der Waals surface area contributed by atoms with Gasteiger partial charge in [0.1, 0.15) is 12.1 Å². The number of carbonyl (C=O) groups excluding carboxylic acids is 1. The Bertz CT molecular complexity index is 1020. The maximum absolute atomic E-state index is 12.8. The average molecular weight is 354 g/mol. The number of fused-ring (bicyclic) bond motifs is 1. The van der Waals surface area contributed by atoms with Crippen molar-refractivity contribution in [2.45, 2.75) is 33.4 Å². The molecule has 0 N–H and O–H groups in total. The summed E-state index contributed by atoms with van der Waals surface area (Å²) < 4.78 is 8.42. The van der Waals surface area contributed by atoms with Gasteiger partial charge in [-0.1, -0.05) is 17.3 Å². The second kappa shape index (κ2) is 7.21. The van der Waals surface area contributed by atoms with Crippen molar-refractivity contribution in [2.24, 2.45) is 0 Å². The summed E-state index contributed by atoms with van der Waals surface area (Å²) in [6, 6.07) is 8.93. The van der Waals surface area contributed by atoms with Crippen molar-refractivity contribution >= 4 is 16.7 Å². The number of hydrogen-bond donors (Lipinski definition) is 0. The molecule has 0 amide bonds. The van der Waals surface area contributed by atoms with Crippen LogP contribution in [0, 0.1) is 13.8 Å². The largest absolute Gasteiger partial charge is 0.383 e. The molecule has 0 saturated carbocycles. The highest BCUT2D eigenvalue weighted by Gasteiger charge is 2.20. The summed E-state index contributed by atoms with van der Waals surface area (Å²) in [5.41, 5.74) is 2.64. The van der Waals surface area contributed by atoms with Gasteiger partial charge in [-0.3, -0.25) is 9.59 Å². The molecule has 0 saturated heterocycles. The van der Waals surface area contributed by atoms with E-state index in [1.165, 1.54) is 0 Å². The maximum atomic E-state index is 12.8. The van der Waals surface area contributed by atoms with Crippen molar-refractivity contribution in [3.63, 3.8) is 0 Å². The van der Waals surface area contributed by atoms with Crippen LogP contribution in [-0.4, -0.2) is 39.1 Å². The molecule has 0 aliphatic rings. The van der Waals surface area contributed by atoms with Crippen molar-refractivity contribution in [2.75, 3.05) is 13.7 Å². The van der Waals surface area contributed by atoms with Crippen molar-refractivity contribution < 1.29 is 9.53 Å². The number of benzene rings is 1. The van der Waals surface area contributed by atoms with Gasteiger partial charge < -0.3 is 9.30 Å². The molecule has 7 heteroatoms. The number of nitrogens with zero attached hydrogens (tertiary/aromatic N) is 4. The number of carbonyl (C=O) groups is 1. The lowest BCUT2D eigenvalue weighted by Crippen LogP contribution is -2.28. The number of rotatable bonds is 6. The molecule has 26 heavy (non-hydrogen) atoms. The predicted octanol–water partition coefficient (Wildman–Crippen LogP) is 2.30. The van der Waals surface area contributed by atoms with E-state index in [1.54, 1.807) is 31.4 Å². The van der Waals surface area contributed by atoms with Crippen LogP contribution in [0.25, 0.3) is 10.9 Å². The maximum Gasteiger partial charge on any atom is 0.278 e. The van der Waals surface area contributed by atoms with Gasteiger partial charge in [0.05, 0.1) is 18.0 Å². The monoisotopic (exact) mass is 354 g/mol. The minimum absolute atomic E-state index is 0.115. The van der Waals surface area contributed by atoms with Gasteiger partial charge in [0.25, 0.3) is 5.56 Å². The second-order valence-electron chi connectivity index (χ2n) is 6.45. The zero-order valence-corrected chi connectivity index (χ0v) is 15.4. The van der Waals surface area contributed by atoms with Crippen LogP contribution in [-0.2, 0) is 11.3 Å². The summed E-state index contributed by atoms with van der Waals surface area (Å²) in [6.45, 7) is 6.31. The van der Waals surface area contributed by atoms with Crippen molar-refractivity contribution in [3.8, 4) is 0 Å². The Morgan fingerprint density at radius 3 is 2.73 bits per heavy atom. The summed E-state index contributed by atoms with van der Waals surface area (Å²) in [5.74, 6) is -0.166. The first-order valence-corrected chi connectivity index (χ1v) is 8.47. The molecule has 2 aromatic heterocycles. The van der Waals surface area contributed by atoms with Crippen LogP contribution in [0.5, 0.6) is 0 Å². The van der Waals surface area contributed by atoms with Gasteiger partial charge in [-0.2, -0.15) is 0 Å². The van der Waals surface area contributed by atoms with Gasteiger partial charge in [0.2, 0.25) is 0 Å². The molecule has 0 unspecified atom stereocenters. The fourth-order valence-corrected chi connectivity index (χ4v) is 3.40. The van der Waals surface area contributed by atoms with Gasteiger partial charge in [0.15, 0.2) is 5.78 Å². The molecule has 7 nitrogen and oxygen atoms in total. The highest BCUT2D eigenvalue weighted by Crippen LogP contribution is 2.21. The molecule has 0 spiro atoms. The molecule has 0 aliphatic carbocycles. The summed E-state index contributed by atoms with van der Waals surface area (Å²) in [6.07, 6.45) is 0. The summed E-state index contributed by atoms with van der Waals surface area (Å²) >= 11 is 0. The van der Waals surface area contributed by atoms with Crippen LogP contribution in [0.2, 0.25) is 0 Å². The van der Waals surface area contributed by atoms with Crippen LogP contribution in [0.1, 0.15) is 34.7 Å². The van der Waals surface area contributed by atoms with Gasteiger partial charge in [0, 0.05) is 24.1 Å². The molecule has 0 radical (unpaired) electrons. The number of Topliss-reactive ketones (excluding diaryl/α,β-unsaturated/α-hetero) is 1. The van der Waals surface area contributed by atoms with Gasteiger partial charge >= 0.3 is 0 Å². The average Bonchev–Trinajstić information content (AvgIpc) is 2.92. The standard InChI is InChI=1S/C19H22N4O3/c1-12-9-16(14(3)23(12)13(2)11-26-4)18(24)10-22-19(25)15-7-5-6-8-17(15)20-21-22/h5-9,13H,10-11H2,1-4H3/t13-/m1/s1. The van der Waals surface area contributed by atoms with E-state index in [-0.39, 0.29) is 23.9 Å². The molecule has 0 fully saturated rings. The van der Waals surface area contributed by atoms with E-state index in [9.17, 15) is 9.59 Å². The summed E-state index contributed by atoms with van der Waals surface area (Å²) in [5, 5.41) is 8.38. The van der Waals surface area contributed by atoms with Crippen molar-refractivity contribution in [3.05, 3.63) is 57.6 Å². The molecular formula is C19H22N4O3. The second-order valence-corrected chi connectivity index (χ2v) is 6.45. The number of hydrogen-bond acceptors (Lipinski definition) is 5. The molecule has 1 aromatic carbocycles. The molecule has 136 valence electrons. The van der Waals surface area contributed by atoms with Crippen LogP contribution >= 0.6 is 0 Å². The van der Waals surface area contributed by atoms with E-state index in [2.05, 4.69) is 14.9 Å². The molecule has 2 heterocycles. The topological polar surface area (TPSA) is 79.0 Å².